The number of fused-ring (bicyclic) bond motifs is 1. The predicted molar refractivity (Wildman–Crippen MR) is 85.8 cm³/mol. The molecule has 0 atom stereocenters. The molecule has 3 rings (SSSR count). The van der Waals surface area contributed by atoms with Gasteiger partial charge in [-0.05, 0) is 29.7 Å². The maximum Gasteiger partial charge on any atom is 0.219 e. The largest absolute Gasteiger partial charge is 0.388 e. The lowest BCUT2D eigenvalue weighted by molar-refractivity contribution is -0.129. The van der Waals surface area contributed by atoms with Crippen LogP contribution in [0.3, 0.4) is 0 Å². The number of benzene rings is 1. The van der Waals surface area contributed by atoms with E-state index in [0.717, 1.165) is 43.1 Å². The number of piperazine rings is 1. The molecule has 5 nitrogen and oxygen atoms in total. The lowest BCUT2D eigenvalue weighted by Gasteiger charge is -2.35. The van der Waals surface area contributed by atoms with Gasteiger partial charge < -0.3 is 15.1 Å². The average Bonchev–Trinajstić information content (AvgIpc) is 2.53. The van der Waals surface area contributed by atoms with Crippen LogP contribution in [0.1, 0.15) is 6.92 Å². The maximum atomic E-state index is 11.4. The van der Waals surface area contributed by atoms with Crippen LogP contribution in [0.2, 0.25) is 0 Å². The molecule has 0 saturated carbocycles. The number of pyridine rings is 1. The first-order valence-corrected chi connectivity index (χ1v) is 7.26. The van der Waals surface area contributed by atoms with Gasteiger partial charge in [-0.3, -0.25) is 4.79 Å². The molecular weight excluding hydrogens is 264 g/mol. The van der Waals surface area contributed by atoms with Gasteiger partial charge in [-0.2, -0.15) is 0 Å². The van der Waals surface area contributed by atoms with E-state index in [-0.39, 0.29) is 5.91 Å². The molecule has 110 valence electrons. The zero-order chi connectivity index (χ0) is 14.8. The van der Waals surface area contributed by atoms with Crippen LogP contribution in [0.25, 0.3) is 10.8 Å². The van der Waals surface area contributed by atoms with E-state index in [4.69, 9.17) is 0 Å². The molecule has 1 amide bonds. The number of nitrogens with one attached hydrogen (secondary N) is 1. The number of carbonyl (C=O) groups excluding carboxylic acids is 1. The SMILES string of the molecule is CNc1ccc2c(N3CCN(C(C)=O)CC3)nccc2c1. The van der Waals surface area contributed by atoms with Gasteiger partial charge in [-0.25, -0.2) is 4.98 Å². The van der Waals surface area contributed by atoms with Gasteiger partial charge in [0.2, 0.25) is 5.91 Å². The summed E-state index contributed by atoms with van der Waals surface area (Å²) < 4.78 is 0. The Morgan fingerprint density at radius 2 is 1.95 bits per heavy atom. The quantitative estimate of drug-likeness (QED) is 0.915. The van der Waals surface area contributed by atoms with E-state index < -0.39 is 0 Å². The molecule has 0 radical (unpaired) electrons. The fourth-order valence-corrected chi connectivity index (χ4v) is 2.80. The highest BCUT2D eigenvalue weighted by atomic mass is 16.2. The number of aromatic nitrogens is 1. The molecule has 5 heteroatoms. The number of amides is 1. The van der Waals surface area contributed by atoms with Crippen LogP contribution in [-0.4, -0.2) is 49.0 Å². The van der Waals surface area contributed by atoms with Crippen LogP contribution < -0.4 is 10.2 Å². The molecule has 0 spiro atoms. The molecule has 0 unspecified atom stereocenters. The number of hydrogen-bond donors (Lipinski definition) is 1. The molecule has 0 aliphatic carbocycles. The standard InChI is InChI=1S/C16H20N4O/c1-12(21)19-7-9-20(10-8-19)16-15-4-3-14(17-2)11-13(15)5-6-18-16/h3-6,11,17H,7-10H2,1-2H3. The lowest BCUT2D eigenvalue weighted by Crippen LogP contribution is -2.48. The summed E-state index contributed by atoms with van der Waals surface area (Å²) in [5.41, 5.74) is 1.10. The molecule has 1 N–H and O–H groups in total. The molecule has 1 saturated heterocycles. The molecule has 1 aliphatic rings. The minimum absolute atomic E-state index is 0.152. The Labute approximate surface area is 124 Å². The van der Waals surface area contributed by atoms with Crippen LogP contribution in [0.5, 0.6) is 0 Å². The third-order valence-corrected chi connectivity index (χ3v) is 4.06. The molecule has 1 aromatic carbocycles. The normalized spacial score (nSPS) is 15.3. The van der Waals surface area contributed by atoms with E-state index in [2.05, 4.69) is 33.4 Å². The first-order valence-electron chi connectivity index (χ1n) is 7.26. The molecule has 2 aromatic rings. The summed E-state index contributed by atoms with van der Waals surface area (Å²) in [4.78, 5) is 20.1. The molecule has 1 fully saturated rings. The minimum atomic E-state index is 0.152. The van der Waals surface area contributed by atoms with Crippen molar-refractivity contribution in [2.24, 2.45) is 0 Å². The molecule has 1 aromatic heterocycles. The van der Waals surface area contributed by atoms with Crippen molar-refractivity contribution in [1.29, 1.82) is 0 Å². The summed E-state index contributed by atoms with van der Waals surface area (Å²) in [5.74, 6) is 1.16. The van der Waals surface area contributed by atoms with E-state index >= 15 is 0 Å². The summed E-state index contributed by atoms with van der Waals surface area (Å²) in [7, 11) is 1.92. The van der Waals surface area contributed by atoms with E-state index in [1.165, 1.54) is 5.39 Å². The van der Waals surface area contributed by atoms with Gasteiger partial charge in [0, 0.05) is 57.4 Å². The van der Waals surface area contributed by atoms with Gasteiger partial charge >= 0.3 is 0 Å². The van der Waals surface area contributed by atoms with E-state index in [0.29, 0.717) is 0 Å². The number of hydrogen-bond acceptors (Lipinski definition) is 4. The van der Waals surface area contributed by atoms with Gasteiger partial charge in [0.15, 0.2) is 0 Å². The number of nitrogens with zero attached hydrogens (tertiary/aromatic N) is 3. The van der Waals surface area contributed by atoms with Crippen molar-refractivity contribution in [3.05, 3.63) is 30.5 Å². The van der Waals surface area contributed by atoms with Crippen LogP contribution >= 0.6 is 0 Å². The first-order chi connectivity index (χ1) is 10.2. The number of anilines is 2. The van der Waals surface area contributed by atoms with Gasteiger partial charge in [-0.15, -0.1) is 0 Å². The molecular formula is C16H20N4O. The molecule has 2 heterocycles. The Hall–Kier alpha value is -2.30. The summed E-state index contributed by atoms with van der Waals surface area (Å²) in [5, 5.41) is 5.50. The average molecular weight is 284 g/mol. The highest BCUT2D eigenvalue weighted by Gasteiger charge is 2.20. The zero-order valence-electron chi connectivity index (χ0n) is 12.5. The van der Waals surface area contributed by atoms with Gasteiger partial charge in [0.05, 0.1) is 0 Å². The topological polar surface area (TPSA) is 48.5 Å². The first kappa shape index (κ1) is 13.7. The number of carbonyl (C=O) groups is 1. The van der Waals surface area contributed by atoms with Crippen molar-refractivity contribution in [3.8, 4) is 0 Å². The summed E-state index contributed by atoms with van der Waals surface area (Å²) >= 11 is 0. The monoisotopic (exact) mass is 284 g/mol. The lowest BCUT2D eigenvalue weighted by atomic mass is 10.1. The van der Waals surface area contributed by atoms with Gasteiger partial charge in [0.25, 0.3) is 0 Å². The third-order valence-electron chi connectivity index (χ3n) is 4.06. The Bertz CT molecular complexity index is 662. The van der Waals surface area contributed by atoms with Crippen molar-refractivity contribution in [2.75, 3.05) is 43.4 Å². The highest BCUT2D eigenvalue weighted by molar-refractivity contribution is 5.94. The maximum absolute atomic E-state index is 11.4. The Balaban J connectivity index is 1.89. The van der Waals surface area contributed by atoms with Crippen molar-refractivity contribution in [3.63, 3.8) is 0 Å². The highest BCUT2D eigenvalue weighted by Crippen LogP contribution is 2.27. The van der Waals surface area contributed by atoms with Crippen molar-refractivity contribution in [1.82, 2.24) is 9.88 Å². The van der Waals surface area contributed by atoms with Crippen LogP contribution in [0.4, 0.5) is 11.5 Å². The Morgan fingerprint density at radius 3 is 2.62 bits per heavy atom. The fourth-order valence-electron chi connectivity index (χ4n) is 2.80. The second-order valence-corrected chi connectivity index (χ2v) is 5.31. The smallest absolute Gasteiger partial charge is 0.219 e. The zero-order valence-corrected chi connectivity index (χ0v) is 12.5. The van der Waals surface area contributed by atoms with Crippen molar-refractivity contribution < 1.29 is 4.79 Å². The molecule has 21 heavy (non-hydrogen) atoms. The second kappa shape index (κ2) is 5.60. The van der Waals surface area contributed by atoms with E-state index in [9.17, 15) is 4.79 Å². The van der Waals surface area contributed by atoms with Crippen LogP contribution in [-0.2, 0) is 4.79 Å². The predicted octanol–water partition coefficient (Wildman–Crippen LogP) is 1.94. The third kappa shape index (κ3) is 2.63. The minimum Gasteiger partial charge on any atom is -0.388 e. The fraction of sp³-hybridized carbons (Fsp3) is 0.375. The molecule has 0 bridgehead atoms. The summed E-state index contributed by atoms with van der Waals surface area (Å²) in [6.45, 7) is 4.83. The summed E-state index contributed by atoms with van der Waals surface area (Å²) in [6, 6.07) is 8.35. The number of rotatable bonds is 2. The van der Waals surface area contributed by atoms with Crippen molar-refractivity contribution in [2.45, 2.75) is 6.92 Å². The van der Waals surface area contributed by atoms with Gasteiger partial charge in [-0.1, -0.05) is 0 Å². The second-order valence-electron chi connectivity index (χ2n) is 5.31. The Kier molecular flexibility index (Phi) is 3.64. The Morgan fingerprint density at radius 1 is 1.19 bits per heavy atom. The molecule has 1 aliphatic heterocycles. The van der Waals surface area contributed by atoms with E-state index in [1.54, 1.807) is 6.92 Å². The van der Waals surface area contributed by atoms with Gasteiger partial charge in [0.1, 0.15) is 5.82 Å². The van der Waals surface area contributed by atoms with Crippen molar-refractivity contribution >= 4 is 28.2 Å². The van der Waals surface area contributed by atoms with Crippen LogP contribution in [0.15, 0.2) is 30.5 Å². The van der Waals surface area contributed by atoms with E-state index in [1.807, 2.05) is 24.2 Å². The summed E-state index contributed by atoms with van der Waals surface area (Å²) in [6.07, 6.45) is 1.86. The van der Waals surface area contributed by atoms with Crippen LogP contribution in [0, 0.1) is 0 Å².